The van der Waals surface area contributed by atoms with Crippen molar-refractivity contribution in [2.75, 3.05) is 7.05 Å². The van der Waals surface area contributed by atoms with E-state index in [9.17, 15) is 4.79 Å². The lowest BCUT2D eigenvalue weighted by molar-refractivity contribution is -0.130. The van der Waals surface area contributed by atoms with E-state index in [1.807, 2.05) is 37.4 Å². The van der Waals surface area contributed by atoms with E-state index in [0.717, 1.165) is 22.0 Å². The molecular formula is C17H17N3O2. The second kappa shape index (κ2) is 5.97. The Labute approximate surface area is 128 Å². The highest BCUT2D eigenvalue weighted by molar-refractivity contribution is 5.85. The lowest BCUT2D eigenvalue weighted by Gasteiger charge is -2.17. The maximum atomic E-state index is 12.3. The summed E-state index contributed by atoms with van der Waals surface area (Å²) < 4.78 is 5.10. The van der Waals surface area contributed by atoms with Crippen LogP contribution < -0.4 is 0 Å². The minimum atomic E-state index is 0.00205. The molecule has 3 rings (SSSR count). The monoisotopic (exact) mass is 295 g/mol. The van der Waals surface area contributed by atoms with Crippen LogP contribution >= 0.6 is 0 Å². The molecule has 5 heteroatoms. The standard InChI is InChI=1S/C17H17N3O2/c1-12-8-15(22-19-12)9-17(21)20(2)11-14-5-3-4-13-10-18-7-6-16(13)14/h3-8,10H,9,11H2,1-2H3. The third kappa shape index (κ3) is 2.98. The van der Waals surface area contributed by atoms with Gasteiger partial charge in [0.25, 0.3) is 0 Å². The van der Waals surface area contributed by atoms with Crippen LogP contribution in [0.1, 0.15) is 17.0 Å². The molecule has 0 radical (unpaired) electrons. The number of pyridine rings is 1. The number of hydrogen-bond donors (Lipinski definition) is 0. The highest BCUT2D eigenvalue weighted by Gasteiger charge is 2.14. The lowest BCUT2D eigenvalue weighted by atomic mass is 10.1. The van der Waals surface area contributed by atoms with Gasteiger partial charge in [-0.3, -0.25) is 9.78 Å². The van der Waals surface area contributed by atoms with Crippen molar-refractivity contribution in [3.63, 3.8) is 0 Å². The Balaban J connectivity index is 1.75. The summed E-state index contributed by atoms with van der Waals surface area (Å²) >= 11 is 0. The zero-order chi connectivity index (χ0) is 15.5. The smallest absolute Gasteiger partial charge is 0.230 e. The topological polar surface area (TPSA) is 59.2 Å². The van der Waals surface area contributed by atoms with Gasteiger partial charge in [-0.1, -0.05) is 23.4 Å². The van der Waals surface area contributed by atoms with Crippen LogP contribution in [0.15, 0.2) is 47.2 Å². The second-order valence-corrected chi connectivity index (χ2v) is 5.38. The van der Waals surface area contributed by atoms with Crippen molar-refractivity contribution in [1.29, 1.82) is 0 Å². The molecule has 0 N–H and O–H groups in total. The third-order valence-corrected chi connectivity index (χ3v) is 3.61. The van der Waals surface area contributed by atoms with E-state index in [0.29, 0.717) is 12.3 Å². The number of fused-ring (bicyclic) bond motifs is 1. The number of carbonyl (C=O) groups excluding carboxylic acids is 1. The number of hydrogen-bond acceptors (Lipinski definition) is 4. The lowest BCUT2D eigenvalue weighted by Crippen LogP contribution is -2.27. The predicted molar refractivity (Wildman–Crippen MR) is 83.2 cm³/mol. The van der Waals surface area contributed by atoms with Crippen molar-refractivity contribution < 1.29 is 9.32 Å². The first-order valence-corrected chi connectivity index (χ1v) is 7.11. The Morgan fingerprint density at radius 1 is 1.32 bits per heavy atom. The minimum absolute atomic E-state index is 0.00205. The van der Waals surface area contributed by atoms with Crippen LogP contribution in [0.25, 0.3) is 10.8 Å². The maximum absolute atomic E-state index is 12.3. The molecule has 1 aromatic carbocycles. The van der Waals surface area contributed by atoms with E-state index in [1.165, 1.54) is 0 Å². The number of carbonyl (C=O) groups is 1. The van der Waals surface area contributed by atoms with Gasteiger partial charge in [0, 0.05) is 37.4 Å². The SMILES string of the molecule is Cc1cc(CC(=O)N(C)Cc2cccc3cnccc23)on1. The summed E-state index contributed by atoms with van der Waals surface area (Å²) in [7, 11) is 1.80. The van der Waals surface area contributed by atoms with Crippen LogP contribution in [0.3, 0.4) is 0 Å². The fourth-order valence-electron chi connectivity index (χ4n) is 2.45. The molecule has 5 nitrogen and oxygen atoms in total. The normalized spacial score (nSPS) is 10.8. The Hall–Kier alpha value is -2.69. The number of aromatic nitrogens is 2. The first kappa shape index (κ1) is 14.3. The molecule has 0 atom stereocenters. The van der Waals surface area contributed by atoms with E-state index in [2.05, 4.69) is 10.1 Å². The van der Waals surface area contributed by atoms with Crippen molar-refractivity contribution in [3.8, 4) is 0 Å². The Morgan fingerprint density at radius 3 is 2.95 bits per heavy atom. The van der Waals surface area contributed by atoms with Crippen LogP contribution in [0.4, 0.5) is 0 Å². The van der Waals surface area contributed by atoms with Crippen molar-refractivity contribution in [1.82, 2.24) is 15.0 Å². The van der Waals surface area contributed by atoms with Crippen LogP contribution in [0, 0.1) is 6.92 Å². The summed E-state index contributed by atoms with van der Waals surface area (Å²) in [6, 6.07) is 9.80. The molecule has 2 heterocycles. The van der Waals surface area contributed by atoms with Crippen molar-refractivity contribution in [3.05, 3.63) is 59.7 Å². The molecule has 0 saturated heterocycles. The van der Waals surface area contributed by atoms with E-state index in [-0.39, 0.29) is 12.3 Å². The zero-order valence-corrected chi connectivity index (χ0v) is 12.6. The van der Waals surface area contributed by atoms with Gasteiger partial charge in [-0.25, -0.2) is 0 Å². The number of benzene rings is 1. The number of aryl methyl sites for hydroxylation is 1. The van der Waals surface area contributed by atoms with Gasteiger partial charge in [0.1, 0.15) is 5.76 Å². The summed E-state index contributed by atoms with van der Waals surface area (Å²) in [5, 5.41) is 6.00. The van der Waals surface area contributed by atoms with E-state index < -0.39 is 0 Å². The van der Waals surface area contributed by atoms with Crippen molar-refractivity contribution >= 4 is 16.7 Å². The van der Waals surface area contributed by atoms with Gasteiger partial charge in [-0.15, -0.1) is 0 Å². The number of rotatable bonds is 4. The molecule has 0 spiro atoms. The molecule has 0 aliphatic heterocycles. The van der Waals surface area contributed by atoms with Crippen LogP contribution in [0.5, 0.6) is 0 Å². The molecule has 112 valence electrons. The molecule has 0 saturated carbocycles. The molecule has 0 bridgehead atoms. The van der Waals surface area contributed by atoms with Gasteiger partial charge in [0.2, 0.25) is 5.91 Å². The highest BCUT2D eigenvalue weighted by Crippen LogP contribution is 2.19. The fraction of sp³-hybridized carbons (Fsp3) is 0.235. The average Bonchev–Trinajstić information content (AvgIpc) is 2.92. The quantitative estimate of drug-likeness (QED) is 0.742. The minimum Gasteiger partial charge on any atom is -0.361 e. The molecular weight excluding hydrogens is 278 g/mol. The van der Waals surface area contributed by atoms with Crippen LogP contribution in [-0.2, 0) is 17.8 Å². The first-order valence-electron chi connectivity index (χ1n) is 7.11. The fourth-order valence-corrected chi connectivity index (χ4v) is 2.45. The highest BCUT2D eigenvalue weighted by atomic mass is 16.5. The average molecular weight is 295 g/mol. The molecule has 0 aliphatic carbocycles. The molecule has 0 unspecified atom stereocenters. The largest absolute Gasteiger partial charge is 0.361 e. The summed E-state index contributed by atoms with van der Waals surface area (Å²) in [6.07, 6.45) is 3.83. The Bertz CT molecular complexity index is 805. The van der Waals surface area contributed by atoms with E-state index >= 15 is 0 Å². The summed E-state index contributed by atoms with van der Waals surface area (Å²) in [5.41, 5.74) is 1.89. The molecule has 22 heavy (non-hydrogen) atoms. The first-order chi connectivity index (χ1) is 10.6. The molecule has 0 fully saturated rings. The van der Waals surface area contributed by atoms with Crippen molar-refractivity contribution in [2.24, 2.45) is 0 Å². The third-order valence-electron chi connectivity index (χ3n) is 3.61. The maximum Gasteiger partial charge on any atom is 0.230 e. The molecule has 1 amide bonds. The van der Waals surface area contributed by atoms with Crippen LogP contribution in [0.2, 0.25) is 0 Å². The number of amides is 1. The Morgan fingerprint density at radius 2 is 2.18 bits per heavy atom. The summed E-state index contributed by atoms with van der Waals surface area (Å²) in [5.74, 6) is 0.596. The van der Waals surface area contributed by atoms with Gasteiger partial charge in [-0.2, -0.15) is 0 Å². The van der Waals surface area contributed by atoms with E-state index in [1.54, 1.807) is 24.2 Å². The molecule has 3 aromatic rings. The van der Waals surface area contributed by atoms with Gasteiger partial charge >= 0.3 is 0 Å². The second-order valence-electron chi connectivity index (χ2n) is 5.38. The molecule has 0 aliphatic rings. The van der Waals surface area contributed by atoms with Gasteiger partial charge < -0.3 is 9.42 Å². The summed E-state index contributed by atoms with van der Waals surface area (Å²) in [4.78, 5) is 18.1. The van der Waals surface area contributed by atoms with Gasteiger partial charge in [-0.05, 0) is 23.9 Å². The molecule has 2 aromatic heterocycles. The number of likely N-dealkylation sites (N-methyl/N-ethyl adjacent to an activating group) is 1. The van der Waals surface area contributed by atoms with Gasteiger partial charge in [0.15, 0.2) is 0 Å². The van der Waals surface area contributed by atoms with E-state index in [4.69, 9.17) is 4.52 Å². The van der Waals surface area contributed by atoms with Crippen LogP contribution in [-0.4, -0.2) is 28.0 Å². The Kier molecular flexibility index (Phi) is 3.87. The van der Waals surface area contributed by atoms with Crippen molar-refractivity contribution in [2.45, 2.75) is 19.9 Å². The predicted octanol–water partition coefficient (Wildman–Crippen LogP) is 2.73. The van der Waals surface area contributed by atoms with Gasteiger partial charge in [0.05, 0.1) is 12.1 Å². The summed E-state index contributed by atoms with van der Waals surface area (Å²) in [6.45, 7) is 2.39. The number of nitrogens with zero attached hydrogens (tertiary/aromatic N) is 3. The zero-order valence-electron chi connectivity index (χ0n) is 12.6.